The Morgan fingerprint density at radius 1 is 0.962 bits per heavy atom. The Labute approximate surface area is 152 Å². The van der Waals surface area contributed by atoms with E-state index in [1.807, 2.05) is 6.07 Å². The lowest BCUT2D eigenvalue weighted by Crippen LogP contribution is -2.45. The average Bonchev–Trinajstić information content (AvgIpc) is 2.65. The topological polar surface area (TPSA) is 95.5 Å². The van der Waals surface area contributed by atoms with E-state index in [1.165, 1.54) is 13.8 Å². The molecule has 2 aromatic rings. The number of carboxylic acid groups (broad SMARTS) is 1. The lowest BCUT2D eigenvalue weighted by atomic mass is 9.93. The van der Waals surface area contributed by atoms with E-state index in [4.69, 9.17) is 0 Å². The van der Waals surface area contributed by atoms with Crippen LogP contribution in [0.3, 0.4) is 0 Å². The molecule has 0 spiro atoms. The fraction of sp³-hybridized carbons (Fsp3) is 0.250. The van der Waals surface area contributed by atoms with Gasteiger partial charge in [-0.05, 0) is 31.5 Å². The van der Waals surface area contributed by atoms with Crippen LogP contribution < -0.4 is 10.6 Å². The highest BCUT2D eigenvalue weighted by Gasteiger charge is 2.30. The second-order valence-corrected chi connectivity index (χ2v) is 6.59. The molecule has 2 aromatic carbocycles. The van der Waals surface area contributed by atoms with Crippen molar-refractivity contribution in [2.45, 2.75) is 19.9 Å². The zero-order chi connectivity index (χ0) is 19.2. The molecular formula is C20H22N2O4. The monoisotopic (exact) mass is 354 g/mol. The SMILES string of the molecule is CC(C)(CNC(=O)C(NC(=O)c1ccccc1)c1ccccc1)C(=O)O. The molecule has 0 radical (unpaired) electrons. The van der Waals surface area contributed by atoms with Gasteiger partial charge in [-0.1, -0.05) is 48.5 Å². The molecule has 0 aromatic heterocycles. The van der Waals surface area contributed by atoms with Gasteiger partial charge in [0.1, 0.15) is 6.04 Å². The molecule has 1 atom stereocenters. The molecule has 26 heavy (non-hydrogen) atoms. The van der Waals surface area contributed by atoms with E-state index >= 15 is 0 Å². The minimum absolute atomic E-state index is 0.0499. The van der Waals surface area contributed by atoms with E-state index in [-0.39, 0.29) is 12.5 Å². The Bertz CT molecular complexity index is 773. The predicted molar refractivity (Wildman–Crippen MR) is 97.5 cm³/mol. The molecule has 0 aliphatic carbocycles. The van der Waals surface area contributed by atoms with Crippen LogP contribution in [0.25, 0.3) is 0 Å². The fourth-order valence-electron chi connectivity index (χ4n) is 2.24. The van der Waals surface area contributed by atoms with Gasteiger partial charge in [-0.25, -0.2) is 0 Å². The summed E-state index contributed by atoms with van der Waals surface area (Å²) in [7, 11) is 0. The van der Waals surface area contributed by atoms with Gasteiger partial charge in [0.2, 0.25) is 5.91 Å². The van der Waals surface area contributed by atoms with Gasteiger partial charge >= 0.3 is 5.97 Å². The lowest BCUT2D eigenvalue weighted by Gasteiger charge is -2.23. The van der Waals surface area contributed by atoms with Crippen LogP contribution in [0, 0.1) is 5.41 Å². The maximum Gasteiger partial charge on any atom is 0.310 e. The molecule has 2 amide bonds. The van der Waals surface area contributed by atoms with Crippen LogP contribution in [0.4, 0.5) is 0 Å². The smallest absolute Gasteiger partial charge is 0.310 e. The van der Waals surface area contributed by atoms with E-state index in [9.17, 15) is 19.5 Å². The molecule has 0 fully saturated rings. The molecular weight excluding hydrogens is 332 g/mol. The number of rotatable bonds is 7. The number of amides is 2. The molecule has 2 rings (SSSR count). The minimum Gasteiger partial charge on any atom is -0.481 e. The number of carbonyl (C=O) groups is 3. The third-order valence-corrected chi connectivity index (χ3v) is 3.99. The fourth-order valence-corrected chi connectivity index (χ4v) is 2.24. The molecule has 1 unspecified atom stereocenters. The summed E-state index contributed by atoms with van der Waals surface area (Å²) in [4.78, 5) is 36.3. The van der Waals surface area contributed by atoms with Crippen molar-refractivity contribution in [1.82, 2.24) is 10.6 Å². The second-order valence-electron chi connectivity index (χ2n) is 6.59. The van der Waals surface area contributed by atoms with Gasteiger partial charge in [0.15, 0.2) is 0 Å². The van der Waals surface area contributed by atoms with Crippen molar-refractivity contribution in [2.75, 3.05) is 6.54 Å². The summed E-state index contributed by atoms with van der Waals surface area (Å²) in [6.45, 7) is 3.00. The Morgan fingerprint density at radius 3 is 2.04 bits per heavy atom. The van der Waals surface area contributed by atoms with Gasteiger partial charge in [-0.2, -0.15) is 0 Å². The van der Waals surface area contributed by atoms with Crippen LogP contribution in [0.5, 0.6) is 0 Å². The maximum atomic E-state index is 12.7. The van der Waals surface area contributed by atoms with Crippen molar-refractivity contribution in [3.05, 3.63) is 71.8 Å². The molecule has 0 heterocycles. The number of carboxylic acids is 1. The molecule has 0 aliphatic heterocycles. The van der Waals surface area contributed by atoms with Gasteiger partial charge in [0.25, 0.3) is 5.91 Å². The van der Waals surface area contributed by atoms with Crippen molar-refractivity contribution in [1.29, 1.82) is 0 Å². The Morgan fingerprint density at radius 2 is 1.50 bits per heavy atom. The third-order valence-electron chi connectivity index (χ3n) is 3.99. The Hall–Kier alpha value is -3.15. The number of benzene rings is 2. The molecule has 0 aliphatic rings. The van der Waals surface area contributed by atoms with E-state index in [2.05, 4.69) is 10.6 Å². The molecule has 6 nitrogen and oxygen atoms in total. The van der Waals surface area contributed by atoms with Gasteiger partial charge in [-0.15, -0.1) is 0 Å². The standard InChI is InChI=1S/C20H22N2O4/c1-20(2,19(25)26)13-21-18(24)16(14-9-5-3-6-10-14)22-17(23)15-11-7-4-8-12-15/h3-12,16H,13H2,1-2H3,(H,21,24)(H,22,23)(H,25,26). The largest absolute Gasteiger partial charge is 0.481 e. The quantitative estimate of drug-likeness (QED) is 0.711. The van der Waals surface area contributed by atoms with Crippen molar-refractivity contribution in [3.63, 3.8) is 0 Å². The van der Waals surface area contributed by atoms with Crippen LogP contribution in [0.1, 0.15) is 35.8 Å². The van der Waals surface area contributed by atoms with E-state index < -0.39 is 23.3 Å². The Balaban J connectivity index is 2.18. The number of aliphatic carboxylic acids is 1. The molecule has 6 heteroatoms. The first-order chi connectivity index (χ1) is 12.3. The minimum atomic E-state index is -1.11. The first-order valence-electron chi connectivity index (χ1n) is 8.23. The second kappa shape index (κ2) is 8.29. The van der Waals surface area contributed by atoms with Crippen LogP contribution in [0.15, 0.2) is 60.7 Å². The molecule has 0 bridgehead atoms. The summed E-state index contributed by atoms with van der Waals surface area (Å²) in [5, 5.41) is 14.5. The van der Waals surface area contributed by atoms with E-state index in [0.717, 1.165) is 0 Å². The summed E-state index contributed by atoms with van der Waals surface area (Å²) in [5.74, 6) is -1.86. The first-order valence-corrected chi connectivity index (χ1v) is 8.23. The maximum absolute atomic E-state index is 12.7. The van der Waals surface area contributed by atoms with Crippen molar-refractivity contribution < 1.29 is 19.5 Å². The van der Waals surface area contributed by atoms with Gasteiger partial charge in [0.05, 0.1) is 5.41 Å². The lowest BCUT2D eigenvalue weighted by molar-refractivity contribution is -0.146. The highest BCUT2D eigenvalue weighted by Crippen LogP contribution is 2.17. The Kier molecular flexibility index (Phi) is 6.11. The van der Waals surface area contributed by atoms with Crippen LogP contribution >= 0.6 is 0 Å². The predicted octanol–water partition coefficient (Wildman–Crippen LogP) is 2.38. The highest BCUT2D eigenvalue weighted by atomic mass is 16.4. The van der Waals surface area contributed by atoms with Gasteiger partial charge in [0, 0.05) is 12.1 Å². The van der Waals surface area contributed by atoms with Gasteiger partial charge < -0.3 is 15.7 Å². The zero-order valence-corrected chi connectivity index (χ0v) is 14.7. The van der Waals surface area contributed by atoms with Crippen LogP contribution in [-0.4, -0.2) is 29.4 Å². The van der Waals surface area contributed by atoms with Crippen molar-refractivity contribution in [3.8, 4) is 0 Å². The highest BCUT2D eigenvalue weighted by molar-refractivity contribution is 5.97. The van der Waals surface area contributed by atoms with Crippen LogP contribution in [-0.2, 0) is 9.59 Å². The average molecular weight is 354 g/mol. The number of carbonyl (C=O) groups excluding carboxylic acids is 2. The number of nitrogens with one attached hydrogen (secondary N) is 2. The van der Waals surface area contributed by atoms with E-state index in [1.54, 1.807) is 54.6 Å². The summed E-state index contributed by atoms with van der Waals surface area (Å²) in [6.07, 6.45) is 0. The van der Waals surface area contributed by atoms with E-state index in [0.29, 0.717) is 11.1 Å². The normalized spacial score (nSPS) is 12.1. The number of hydrogen-bond acceptors (Lipinski definition) is 3. The summed E-state index contributed by atoms with van der Waals surface area (Å²) >= 11 is 0. The third kappa shape index (κ3) is 4.92. The number of hydrogen-bond donors (Lipinski definition) is 3. The summed E-state index contributed by atoms with van der Waals surface area (Å²) < 4.78 is 0. The van der Waals surface area contributed by atoms with Gasteiger partial charge in [-0.3, -0.25) is 14.4 Å². The first kappa shape index (κ1) is 19.2. The molecule has 3 N–H and O–H groups in total. The molecule has 0 saturated heterocycles. The van der Waals surface area contributed by atoms with Crippen molar-refractivity contribution in [2.24, 2.45) is 5.41 Å². The van der Waals surface area contributed by atoms with Crippen LogP contribution in [0.2, 0.25) is 0 Å². The van der Waals surface area contributed by atoms with Crippen molar-refractivity contribution >= 4 is 17.8 Å². The zero-order valence-electron chi connectivity index (χ0n) is 14.7. The summed E-state index contributed by atoms with van der Waals surface area (Å²) in [5.41, 5.74) is -0.0603. The molecule has 0 saturated carbocycles. The summed E-state index contributed by atoms with van der Waals surface area (Å²) in [6, 6.07) is 16.5. The molecule has 136 valence electrons.